The minimum absolute atomic E-state index is 0.217. The molecule has 1 atom stereocenters. The van der Waals surface area contributed by atoms with E-state index in [0.29, 0.717) is 25.9 Å². The predicted octanol–water partition coefficient (Wildman–Crippen LogP) is 3.76. The van der Waals surface area contributed by atoms with E-state index >= 15 is 0 Å². The Morgan fingerprint density at radius 1 is 1.00 bits per heavy atom. The fourth-order valence-electron chi connectivity index (χ4n) is 3.60. The van der Waals surface area contributed by atoms with Crippen molar-refractivity contribution in [2.45, 2.75) is 26.4 Å². The van der Waals surface area contributed by atoms with Gasteiger partial charge < -0.3 is 23.8 Å². The van der Waals surface area contributed by atoms with Crippen LogP contribution in [0.3, 0.4) is 0 Å². The minimum atomic E-state index is -0.405. The number of hydrogen-bond donors (Lipinski definition) is 0. The molecule has 0 aromatic heterocycles. The smallest absolute Gasteiger partial charge is 0.410 e. The molecule has 1 saturated heterocycles. The molecule has 2 aromatic carbocycles. The molecular weight excluding hydrogens is 398 g/mol. The molecule has 0 radical (unpaired) electrons. The van der Waals surface area contributed by atoms with E-state index in [1.165, 1.54) is 0 Å². The number of carbonyl (C=O) groups excluding carboxylic acids is 2. The summed E-state index contributed by atoms with van der Waals surface area (Å²) in [4.78, 5) is 26.3. The third-order valence-corrected chi connectivity index (χ3v) is 5.43. The van der Waals surface area contributed by atoms with E-state index in [9.17, 15) is 9.59 Å². The molecular formula is C24H29NO6. The first kappa shape index (κ1) is 22.5. The van der Waals surface area contributed by atoms with E-state index in [1.807, 2.05) is 49.4 Å². The second-order valence-corrected chi connectivity index (χ2v) is 7.51. The summed E-state index contributed by atoms with van der Waals surface area (Å²) in [5.41, 5.74) is 2.82. The van der Waals surface area contributed by atoms with Gasteiger partial charge in [-0.2, -0.15) is 0 Å². The third kappa shape index (κ3) is 5.90. The highest BCUT2D eigenvalue weighted by atomic mass is 16.6. The zero-order chi connectivity index (χ0) is 22.2. The highest BCUT2D eigenvalue weighted by molar-refractivity contribution is 5.75. The molecule has 7 nitrogen and oxygen atoms in total. The Morgan fingerprint density at radius 2 is 1.68 bits per heavy atom. The van der Waals surface area contributed by atoms with Crippen LogP contribution in [-0.4, -0.2) is 50.9 Å². The van der Waals surface area contributed by atoms with Crippen LogP contribution in [-0.2, 0) is 27.3 Å². The zero-order valence-corrected chi connectivity index (χ0v) is 18.3. The van der Waals surface area contributed by atoms with Gasteiger partial charge in [0, 0.05) is 25.1 Å². The van der Waals surface area contributed by atoms with Gasteiger partial charge in [-0.1, -0.05) is 30.3 Å². The highest BCUT2D eigenvalue weighted by Gasteiger charge is 2.32. The Labute approximate surface area is 182 Å². The number of carbonyl (C=O) groups is 2. The molecule has 0 unspecified atom stereocenters. The van der Waals surface area contributed by atoms with Crippen molar-refractivity contribution in [3.05, 3.63) is 59.2 Å². The van der Waals surface area contributed by atoms with E-state index in [0.717, 1.165) is 28.2 Å². The van der Waals surface area contributed by atoms with Gasteiger partial charge in [-0.15, -0.1) is 0 Å². The van der Waals surface area contributed by atoms with Gasteiger partial charge in [0.1, 0.15) is 18.1 Å². The number of benzene rings is 2. The lowest BCUT2D eigenvalue weighted by Gasteiger charge is -2.16. The third-order valence-electron chi connectivity index (χ3n) is 5.43. The first-order valence-corrected chi connectivity index (χ1v) is 10.4. The van der Waals surface area contributed by atoms with E-state index in [1.54, 1.807) is 19.1 Å². The maximum Gasteiger partial charge on any atom is 0.410 e. The molecule has 0 bridgehead atoms. The van der Waals surface area contributed by atoms with Gasteiger partial charge in [-0.25, -0.2) is 4.79 Å². The van der Waals surface area contributed by atoms with Crippen LogP contribution < -0.4 is 9.47 Å². The average molecular weight is 427 g/mol. The van der Waals surface area contributed by atoms with Gasteiger partial charge in [0.2, 0.25) is 0 Å². The molecule has 3 rings (SSSR count). The van der Waals surface area contributed by atoms with Crippen LogP contribution in [0.1, 0.15) is 23.1 Å². The van der Waals surface area contributed by atoms with Crippen LogP contribution in [0.15, 0.2) is 42.5 Å². The predicted molar refractivity (Wildman–Crippen MR) is 115 cm³/mol. The topological polar surface area (TPSA) is 74.3 Å². The Balaban J connectivity index is 1.44. The van der Waals surface area contributed by atoms with Gasteiger partial charge in [-0.05, 0) is 36.6 Å². The standard InChI is InChI=1S/C24H29NO6/c1-17-21(28-2)13-19(14-22(17)29-3)10-12-30-23(26)20-9-11-25(15-20)24(27)31-16-18-7-5-4-6-8-18/h4-8,13-14,20H,9-12,15-16H2,1-3H3/t20-/m1/s1. The number of methoxy groups -OCH3 is 2. The number of esters is 1. The molecule has 0 spiro atoms. The summed E-state index contributed by atoms with van der Waals surface area (Å²) in [7, 11) is 3.23. The zero-order valence-electron chi connectivity index (χ0n) is 18.3. The summed E-state index contributed by atoms with van der Waals surface area (Å²) < 4.78 is 21.6. The normalized spacial score (nSPS) is 15.5. The first-order valence-electron chi connectivity index (χ1n) is 10.4. The minimum Gasteiger partial charge on any atom is -0.496 e. The molecule has 1 heterocycles. The van der Waals surface area contributed by atoms with Crippen LogP contribution in [0.4, 0.5) is 4.79 Å². The van der Waals surface area contributed by atoms with Crippen molar-refractivity contribution < 1.29 is 28.5 Å². The van der Waals surface area contributed by atoms with Crippen molar-refractivity contribution >= 4 is 12.1 Å². The molecule has 0 saturated carbocycles. The summed E-state index contributed by atoms with van der Waals surface area (Å²) in [6.07, 6.45) is 0.720. The maximum absolute atomic E-state index is 12.4. The quantitative estimate of drug-likeness (QED) is 0.598. The number of likely N-dealkylation sites (tertiary alicyclic amines) is 1. The number of amides is 1. The molecule has 166 valence electrons. The van der Waals surface area contributed by atoms with E-state index < -0.39 is 6.09 Å². The van der Waals surface area contributed by atoms with Crippen LogP contribution in [0.25, 0.3) is 0 Å². The fourth-order valence-corrected chi connectivity index (χ4v) is 3.60. The summed E-state index contributed by atoms with van der Waals surface area (Å²) in [5, 5.41) is 0. The van der Waals surface area contributed by atoms with Crippen LogP contribution >= 0.6 is 0 Å². The molecule has 0 N–H and O–H groups in total. The Kier molecular flexibility index (Phi) is 7.76. The van der Waals surface area contributed by atoms with Gasteiger partial charge >= 0.3 is 12.1 Å². The Hall–Kier alpha value is -3.22. The van der Waals surface area contributed by atoms with Crippen LogP contribution in [0.2, 0.25) is 0 Å². The number of rotatable bonds is 8. The van der Waals surface area contributed by atoms with Gasteiger partial charge in [0.25, 0.3) is 0 Å². The summed E-state index contributed by atoms with van der Waals surface area (Å²) >= 11 is 0. The first-order chi connectivity index (χ1) is 15.0. The van der Waals surface area contributed by atoms with Crippen molar-refractivity contribution in [1.29, 1.82) is 0 Å². The van der Waals surface area contributed by atoms with Crippen molar-refractivity contribution in [3.8, 4) is 11.5 Å². The van der Waals surface area contributed by atoms with Gasteiger partial charge in [0.15, 0.2) is 0 Å². The summed E-state index contributed by atoms with van der Waals surface area (Å²) in [6, 6.07) is 13.3. The van der Waals surface area contributed by atoms with Crippen LogP contribution in [0.5, 0.6) is 11.5 Å². The number of nitrogens with zero attached hydrogens (tertiary/aromatic N) is 1. The van der Waals surface area contributed by atoms with Crippen molar-refractivity contribution in [2.24, 2.45) is 5.92 Å². The Morgan fingerprint density at radius 3 is 2.32 bits per heavy atom. The lowest BCUT2D eigenvalue weighted by Crippen LogP contribution is -2.31. The molecule has 31 heavy (non-hydrogen) atoms. The van der Waals surface area contributed by atoms with E-state index in [-0.39, 0.29) is 25.1 Å². The molecule has 1 amide bonds. The second-order valence-electron chi connectivity index (χ2n) is 7.51. The molecule has 1 fully saturated rings. The maximum atomic E-state index is 12.4. The lowest BCUT2D eigenvalue weighted by molar-refractivity contribution is -0.147. The second kappa shape index (κ2) is 10.7. The molecule has 1 aliphatic rings. The molecule has 0 aliphatic carbocycles. The molecule has 2 aromatic rings. The molecule has 7 heteroatoms. The van der Waals surface area contributed by atoms with Crippen molar-refractivity contribution in [2.75, 3.05) is 33.9 Å². The monoisotopic (exact) mass is 427 g/mol. The number of ether oxygens (including phenoxy) is 4. The van der Waals surface area contributed by atoms with Crippen molar-refractivity contribution in [1.82, 2.24) is 4.90 Å². The molecule has 1 aliphatic heterocycles. The summed E-state index contributed by atoms with van der Waals surface area (Å²) in [6.45, 7) is 3.20. The largest absolute Gasteiger partial charge is 0.496 e. The van der Waals surface area contributed by atoms with Crippen molar-refractivity contribution in [3.63, 3.8) is 0 Å². The van der Waals surface area contributed by atoms with E-state index in [4.69, 9.17) is 18.9 Å². The average Bonchev–Trinajstić information content (AvgIpc) is 3.29. The van der Waals surface area contributed by atoms with Gasteiger partial charge in [-0.3, -0.25) is 4.79 Å². The summed E-state index contributed by atoms with van der Waals surface area (Å²) in [5.74, 6) is 0.859. The van der Waals surface area contributed by atoms with Crippen LogP contribution in [0, 0.1) is 12.8 Å². The lowest BCUT2D eigenvalue weighted by atomic mass is 10.1. The van der Waals surface area contributed by atoms with E-state index in [2.05, 4.69) is 0 Å². The fraction of sp³-hybridized carbons (Fsp3) is 0.417. The Bertz CT molecular complexity index is 873. The van der Waals surface area contributed by atoms with Gasteiger partial charge in [0.05, 0.1) is 26.7 Å². The SMILES string of the molecule is COc1cc(CCOC(=O)[C@@H]2CCN(C(=O)OCc3ccccc3)C2)cc(OC)c1C. The number of hydrogen-bond acceptors (Lipinski definition) is 6. The highest BCUT2D eigenvalue weighted by Crippen LogP contribution is 2.29.